The van der Waals surface area contributed by atoms with E-state index in [9.17, 15) is 9.59 Å². The summed E-state index contributed by atoms with van der Waals surface area (Å²) in [5.74, 6) is -0.704. The van der Waals surface area contributed by atoms with E-state index < -0.39 is 11.6 Å². The molecule has 0 spiro atoms. The predicted octanol–water partition coefficient (Wildman–Crippen LogP) is 2.14. The van der Waals surface area contributed by atoms with E-state index in [0.717, 1.165) is 0 Å². The molecule has 1 aromatic heterocycles. The van der Waals surface area contributed by atoms with Crippen LogP contribution in [0.3, 0.4) is 0 Å². The first-order valence-corrected chi connectivity index (χ1v) is 5.03. The van der Waals surface area contributed by atoms with Gasteiger partial charge in [-0.3, -0.25) is 0 Å². The fourth-order valence-electron chi connectivity index (χ4n) is 1.42. The molecule has 1 aromatic carbocycles. The number of fused-ring (bicyclic) bond motifs is 1. The summed E-state index contributed by atoms with van der Waals surface area (Å²) < 4.78 is 9.80. The van der Waals surface area contributed by atoms with Gasteiger partial charge in [0.25, 0.3) is 0 Å². The van der Waals surface area contributed by atoms with E-state index in [-0.39, 0.29) is 12.2 Å². The largest absolute Gasteiger partial charge is 0.458 e. The predicted molar refractivity (Wildman–Crippen MR) is 63.0 cm³/mol. The van der Waals surface area contributed by atoms with Gasteiger partial charge in [-0.25, -0.2) is 9.59 Å². The molecule has 2 aromatic rings. The molecule has 0 aliphatic carbocycles. The highest BCUT2D eigenvalue weighted by Crippen LogP contribution is 2.12. The summed E-state index contributed by atoms with van der Waals surface area (Å²) in [5.41, 5.74) is -0.360. The molecule has 4 heteroatoms. The number of carbonyl (C=O) groups excluding carboxylic acids is 1. The molecule has 0 aliphatic rings. The number of hydrogen-bond acceptors (Lipinski definition) is 4. The molecule has 17 heavy (non-hydrogen) atoms. The van der Waals surface area contributed by atoms with Crippen molar-refractivity contribution in [1.82, 2.24) is 0 Å². The first kappa shape index (κ1) is 11.1. The lowest BCUT2D eigenvalue weighted by molar-refractivity contribution is 0.0545. The van der Waals surface area contributed by atoms with Gasteiger partial charge in [0.1, 0.15) is 17.8 Å². The van der Waals surface area contributed by atoms with Crippen LogP contribution in [0.25, 0.3) is 11.0 Å². The lowest BCUT2D eigenvalue weighted by atomic mass is 10.2. The second kappa shape index (κ2) is 4.65. The number of rotatable bonds is 3. The van der Waals surface area contributed by atoms with Crippen LogP contribution in [0.5, 0.6) is 0 Å². The average molecular weight is 230 g/mol. The van der Waals surface area contributed by atoms with Crippen LogP contribution in [0.2, 0.25) is 0 Å². The van der Waals surface area contributed by atoms with E-state index in [1.165, 1.54) is 12.1 Å². The highest BCUT2D eigenvalue weighted by Gasteiger charge is 2.14. The SMILES string of the molecule is C=CCOC(=O)c1cc2ccccc2oc1=O. The quantitative estimate of drug-likeness (QED) is 0.460. The molecule has 0 saturated carbocycles. The Morgan fingerprint density at radius 3 is 2.94 bits per heavy atom. The van der Waals surface area contributed by atoms with E-state index in [2.05, 4.69) is 6.58 Å². The zero-order valence-corrected chi connectivity index (χ0v) is 9.01. The summed E-state index contributed by atoms with van der Waals surface area (Å²) in [6, 6.07) is 8.42. The van der Waals surface area contributed by atoms with Crippen LogP contribution in [0.15, 0.2) is 52.2 Å². The van der Waals surface area contributed by atoms with Crippen molar-refractivity contribution in [1.29, 1.82) is 0 Å². The molecule has 2 rings (SSSR count). The van der Waals surface area contributed by atoms with Crippen molar-refractivity contribution in [2.24, 2.45) is 0 Å². The van der Waals surface area contributed by atoms with Crippen molar-refractivity contribution in [3.63, 3.8) is 0 Å². The second-order valence-electron chi connectivity index (χ2n) is 3.37. The molecule has 0 fully saturated rings. The van der Waals surface area contributed by atoms with Gasteiger partial charge < -0.3 is 9.15 Å². The van der Waals surface area contributed by atoms with E-state index in [1.807, 2.05) is 0 Å². The van der Waals surface area contributed by atoms with E-state index in [4.69, 9.17) is 9.15 Å². The lowest BCUT2D eigenvalue weighted by Crippen LogP contribution is -2.16. The van der Waals surface area contributed by atoms with Crippen LogP contribution in [-0.2, 0) is 4.74 Å². The van der Waals surface area contributed by atoms with Gasteiger partial charge in [-0.15, -0.1) is 0 Å². The molecule has 1 heterocycles. The summed E-state index contributed by atoms with van der Waals surface area (Å²) >= 11 is 0. The summed E-state index contributed by atoms with van der Waals surface area (Å²) in [4.78, 5) is 23.1. The van der Waals surface area contributed by atoms with E-state index in [0.29, 0.717) is 11.0 Å². The van der Waals surface area contributed by atoms with Gasteiger partial charge in [-0.2, -0.15) is 0 Å². The van der Waals surface area contributed by atoms with Gasteiger partial charge in [-0.05, 0) is 12.1 Å². The van der Waals surface area contributed by atoms with Crippen molar-refractivity contribution in [2.45, 2.75) is 0 Å². The van der Waals surface area contributed by atoms with Gasteiger partial charge in [0.05, 0.1) is 0 Å². The van der Waals surface area contributed by atoms with Gasteiger partial charge >= 0.3 is 11.6 Å². The van der Waals surface area contributed by atoms with Crippen LogP contribution < -0.4 is 5.63 Å². The fraction of sp³-hybridized carbons (Fsp3) is 0.0769. The molecule has 0 atom stereocenters. The molecule has 0 N–H and O–H groups in total. The van der Waals surface area contributed by atoms with Crippen molar-refractivity contribution in [2.75, 3.05) is 6.61 Å². The van der Waals surface area contributed by atoms with Crippen LogP contribution in [0.1, 0.15) is 10.4 Å². The molecule has 4 nitrogen and oxygen atoms in total. The minimum atomic E-state index is -0.704. The van der Waals surface area contributed by atoms with Gasteiger partial charge in [0.2, 0.25) is 0 Å². The Morgan fingerprint density at radius 1 is 1.41 bits per heavy atom. The number of benzene rings is 1. The Hall–Kier alpha value is -2.36. The Morgan fingerprint density at radius 2 is 2.18 bits per heavy atom. The zero-order chi connectivity index (χ0) is 12.3. The van der Waals surface area contributed by atoms with Crippen LogP contribution in [0.4, 0.5) is 0 Å². The third-order valence-corrected chi connectivity index (χ3v) is 2.19. The third kappa shape index (κ3) is 2.25. The molecule has 0 bridgehead atoms. The number of hydrogen-bond donors (Lipinski definition) is 0. The smallest absolute Gasteiger partial charge is 0.351 e. The maximum atomic E-state index is 11.5. The topological polar surface area (TPSA) is 56.5 Å². The van der Waals surface area contributed by atoms with E-state index >= 15 is 0 Å². The third-order valence-electron chi connectivity index (χ3n) is 2.19. The molecule has 0 aliphatic heterocycles. The summed E-state index contributed by atoms with van der Waals surface area (Å²) in [6.45, 7) is 3.48. The summed E-state index contributed by atoms with van der Waals surface area (Å²) in [6.07, 6.45) is 1.43. The first-order chi connectivity index (χ1) is 8.22. The maximum absolute atomic E-state index is 11.5. The molecular weight excluding hydrogens is 220 g/mol. The van der Waals surface area contributed by atoms with Gasteiger partial charge in [-0.1, -0.05) is 30.9 Å². The Labute approximate surface area is 97.1 Å². The Bertz CT molecular complexity index is 625. The molecule has 0 unspecified atom stereocenters. The standard InChI is InChI=1S/C13H10O4/c1-2-7-16-12(14)10-8-9-5-3-4-6-11(9)17-13(10)15/h2-6,8H,1,7H2. The Kier molecular flexibility index (Phi) is 3.05. The lowest BCUT2D eigenvalue weighted by Gasteiger charge is -2.01. The first-order valence-electron chi connectivity index (χ1n) is 5.03. The van der Waals surface area contributed by atoms with Gasteiger partial charge in [0.15, 0.2) is 0 Å². The number of carbonyl (C=O) groups is 1. The molecule has 0 amide bonds. The number of para-hydroxylation sites is 1. The Balaban J connectivity index is 2.47. The van der Waals surface area contributed by atoms with Crippen LogP contribution in [0, 0.1) is 0 Å². The minimum absolute atomic E-state index is 0.0606. The second-order valence-corrected chi connectivity index (χ2v) is 3.37. The zero-order valence-electron chi connectivity index (χ0n) is 9.01. The fourth-order valence-corrected chi connectivity index (χ4v) is 1.42. The molecule has 0 radical (unpaired) electrons. The average Bonchev–Trinajstić information content (AvgIpc) is 2.35. The normalized spacial score (nSPS) is 10.1. The minimum Gasteiger partial charge on any atom is -0.458 e. The molecule has 86 valence electrons. The van der Waals surface area contributed by atoms with E-state index in [1.54, 1.807) is 24.3 Å². The number of ether oxygens (including phenoxy) is 1. The van der Waals surface area contributed by atoms with Crippen molar-refractivity contribution in [3.8, 4) is 0 Å². The summed E-state index contributed by atoms with van der Waals surface area (Å²) in [5, 5.41) is 0.678. The maximum Gasteiger partial charge on any atom is 0.351 e. The van der Waals surface area contributed by atoms with Crippen LogP contribution >= 0.6 is 0 Å². The number of esters is 1. The van der Waals surface area contributed by atoms with Gasteiger partial charge in [0, 0.05) is 5.39 Å². The monoisotopic (exact) mass is 230 g/mol. The van der Waals surface area contributed by atoms with Crippen molar-refractivity contribution >= 4 is 16.9 Å². The van der Waals surface area contributed by atoms with Crippen molar-refractivity contribution < 1.29 is 13.9 Å². The highest BCUT2D eigenvalue weighted by molar-refractivity contribution is 5.92. The van der Waals surface area contributed by atoms with Crippen molar-refractivity contribution in [3.05, 3.63) is 59.0 Å². The summed E-state index contributed by atoms with van der Waals surface area (Å²) in [7, 11) is 0. The molecular formula is C13H10O4. The molecule has 0 saturated heterocycles. The highest BCUT2D eigenvalue weighted by atomic mass is 16.5. The van der Waals surface area contributed by atoms with Crippen LogP contribution in [-0.4, -0.2) is 12.6 Å².